The highest BCUT2D eigenvalue weighted by atomic mass is 16.3. The predicted molar refractivity (Wildman–Crippen MR) is 57.3 cm³/mol. The van der Waals surface area contributed by atoms with Crippen LogP contribution in [0.4, 0.5) is 0 Å². The molecular formula is C10H18N3O4+. The van der Waals surface area contributed by atoms with E-state index in [1.54, 1.807) is 6.92 Å². The molecule has 0 saturated carbocycles. The van der Waals surface area contributed by atoms with Gasteiger partial charge in [-0.15, -0.1) is 0 Å². The molecule has 1 saturated heterocycles. The zero-order valence-electron chi connectivity index (χ0n) is 9.97. The normalized spacial score (nSPS) is 25.5. The number of quaternary nitrogens is 1. The van der Waals surface area contributed by atoms with Gasteiger partial charge in [0.25, 0.3) is 0 Å². The summed E-state index contributed by atoms with van der Waals surface area (Å²) >= 11 is 0. The van der Waals surface area contributed by atoms with Gasteiger partial charge in [0.05, 0.1) is 6.10 Å². The van der Waals surface area contributed by atoms with Crippen LogP contribution in [0.1, 0.15) is 20.3 Å². The Morgan fingerprint density at radius 2 is 2.06 bits per heavy atom. The minimum Gasteiger partial charge on any atom is -0.391 e. The maximum absolute atomic E-state index is 12.0. The highest BCUT2D eigenvalue weighted by Gasteiger charge is 2.41. The first kappa shape index (κ1) is 13.6. The molecule has 7 nitrogen and oxygen atoms in total. The van der Waals surface area contributed by atoms with E-state index in [9.17, 15) is 19.5 Å². The summed E-state index contributed by atoms with van der Waals surface area (Å²) in [5.74, 6) is -1.09. The average Bonchev–Trinajstić information content (AvgIpc) is 2.58. The lowest BCUT2D eigenvalue weighted by Crippen LogP contribution is -2.66. The third kappa shape index (κ3) is 3.24. The van der Waals surface area contributed by atoms with Crippen molar-refractivity contribution in [2.75, 3.05) is 6.54 Å². The van der Waals surface area contributed by atoms with Crippen LogP contribution in [0.25, 0.3) is 0 Å². The number of aliphatic hydroxyl groups excluding tert-OH is 1. The van der Waals surface area contributed by atoms with Crippen molar-refractivity contribution in [3.63, 3.8) is 0 Å². The van der Waals surface area contributed by atoms with Gasteiger partial charge in [0.15, 0.2) is 0 Å². The number of nitrogens with zero attached hydrogens (tertiary/aromatic N) is 1. The van der Waals surface area contributed by atoms with Crippen LogP contribution in [0.5, 0.6) is 0 Å². The van der Waals surface area contributed by atoms with Gasteiger partial charge in [-0.05, 0) is 6.92 Å². The molecule has 0 bridgehead atoms. The second kappa shape index (κ2) is 5.24. The number of carbonyl (C=O) groups is 3. The summed E-state index contributed by atoms with van der Waals surface area (Å²) in [4.78, 5) is 35.3. The van der Waals surface area contributed by atoms with Crippen molar-refractivity contribution in [3.8, 4) is 0 Å². The Morgan fingerprint density at radius 1 is 1.47 bits per heavy atom. The third-order valence-electron chi connectivity index (χ3n) is 2.72. The highest BCUT2D eigenvalue weighted by Crippen LogP contribution is 2.18. The Labute approximate surface area is 98.9 Å². The fourth-order valence-electron chi connectivity index (χ4n) is 1.98. The second-order valence-corrected chi connectivity index (χ2v) is 4.28. The van der Waals surface area contributed by atoms with E-state index in [2.05, 4.69) is 11.1 Å². The van der Waals surface area contributed by atoms with Gasteiger partial charge >= 0.3 is 5.91 Å². The average molecular weight is 244 g/mol. The molecule has 3 unspecified atom stereocenters. The standard InChI is InChI=1S/C10H17N3O4/c1-5(12-6(2)14)10(17)13-4-7(15)3-8(13)9(11)16/h5,7-8,15H,3-4H2,1-2H3,(H2,11,16)(H,12,14)/p+1. The van der Waals surface area contributed by atoms with Crippen molar-refractivity contribution in [2.45, 2.75) is 38.5 Å². The van der Waals surface area contributed by atoms with Gasteiger partial charge in [0, 0.05) is 19.9 Å². The van der Waals surface area contributed by atoms with Gasteiger partial charge in [-0.1, -0.05) is 0 Å². The van der Waals surface area contributed by atoms with E-state index in [0.717, 1.165) is 0 Å². The van der Waals surface area contributed by atoms with Gasteiger partial charge in [-0.2, -0.15) is 0 Å². The van der Waals surface area contributed by atoms with Crippen molar-refractivity contribution >= 4 is 17.7 Å². The Bertz CT molecular complexity index is 344. The van der Waals surface area contributed by atoms with Crippen molar-refractivity contribution in [3.05, 3.63) is 0 Å². The Balaban J connectivity index is 2.73. The summed E-state index contributed by atoms with van der Waals surface area (Å²) in [6, 6.07) is -1.40. The minimum atomic E-state index is -0.709. The van der Waals surface area contributed by atoms with Crippen LogP contribution in [0, 0.1) is 0 Å². The number of likely N-dealkylation sites (tertiary alicyclic amines) is 1. The van der Waals surface area contributed by atoms with Crippen molar-refractivity contribution < 1.29 is 25.2 Å². The van der Waals surface area contributed by atoms with Gasteiger partial charge < -0.3 is 15.3 Å². The fraction of sp³-hybridized carbons (Fsp3) is 0.700. The Morgan fingerprint density at radius 3 is 2.53 bits per heavy atom. The molecule has 96 valence electrons. The molecule has 17 heavy (non-hydrogen) atoms. The molecule has 0 aromatic heterocycles. The number of nitrogens with one attached hydrogen (secondary N) is 1. The molecule has 1 aliphatic rings. The van der Waals surface area contributed by atoms with E-state index in [0.29, 0.717) is 0 Å². The number of aliphatic hydroxyl groups is 1. The van der Waals surface area contributed by atoms with Crippen LogP contribution < -0.4 is 11.1 Å². The first-order chi connectivity index (χ1) is 7.82. The number of hydrogen-bond acceptors (Lipinski definition) is 4. The zero-order chi connectivity index (χ0) is 13.2. The van der Waals surface area contributed by atoms with Crippen molar-refractivity contribution in [2.24, 2.45) is 0 Å². The van der Waals surface area contributed by atoms with E-state index in [-0.39, 0.29) is 24.8 Å². The van der Waals surface area contributed by atoms with E-state index < -0.39 is 24.1 Å². The van der Waals surface area contributed by atoms with Crippen LogP contribution >= 0.6 is 0 Å². The van der Waals surface area contributed by atoms with E-state index in [4.69, 9.17) is 0 Å². The fourth-order valence-corrected chi connectivity index (χ4v) is 1.98. The maximum Gasteiger partial charge on any atom is 0.331 e. The second-order valence-electron chi connectivity index (χ2n) is 4.28. The minimum absolute atomic E-state index is 0.106. The highest BCUT2D eigenvalue weighted by molar-refractivity contribution is 5.89. The maximum atomic E-state index is 12.0. The smallest absolute Gasteiger partial charge is 0.331 e. The third-order valence-corrected chi connectivity index (χ3v) is 2.72. The number of rotatable bonds is 3. The zero-order valence-corrected chi connectivity index (χ0v) is 9.97. The predicted octanol–water partition coefficient (Wildman–Crippen LogP) is -2.76. The van der Waals surface area contributed by atoms with Gasteiger partial charge in [0.2, 0.25) is 11.8 Å². The molecule has 0 aliphatic carbocycles. The van der Waals surface area contributed by atoms with Crippen molar-refractivity contribution in [1.29, 1.82) is 0 Å². The molecule has 0 aromatic rings. The molecule has 5 N–H and O–H groups in total. The molecule has 1 aliphatic heterocycles. The molecule has 7 heteroatoms. The summed E-state index contributed by atoms with van der Waals surface area (Å²) in [7, 11) is 0. The lowest BCUT2D eigenvalue weighted by atomic mass is 10.2. The van der Waals surface area contributed by atoms with Crippen LogP contribution in [0.2, 0.25) is 0 Å². The number of amides is 3. The molecule has 1 heterocycles. The molecule has 0 radical (unpaired) electrons. The first-order valence-electron chi connectivity index (χ1n) is 5.44. The topological polar surface area (TPSA) is 114 Å². The van der Waals surface area contributed by atoms with Crippen LogP contribution in [-0.2, 0) is 14.4 Å². The molecule has 0 spiro atoms. The number of hydrogen-bond donors (Lipinski definition) is 3. The Kier molecular flexibility index (Phi) is 4.19. The molecule has 1 fully saturated rings. The lowest BCUT2D eigenvalue weighted by molar-refractivity contribution is -0.310. The van der Waals surface area contributed by atoms with E-state index in [1.165, 1.54) is 11.8 Å². The summed E-state index contributed by atoms with van der Waals surface area (Å²) in [5.41, 5.74) is 3.28. The van der Waals surface area contributed by atoms with Gasteiger partial charge in [-0.3, -0.25) is 15.3 Å². The van der Waals surface area contributed by atoms with E-state index in [1.807, 2.05) is 0 Å². The quantitative estimate of drug-likeness (QED) is 0.499. The monoisotopic (exact) mass is 244 g/mol. The van der Waals surface area contributed by atoms with E-state index >= 15 is 0 Å². The van der Waals surface area contributed by atoms with Crippen molar-refractivity contribution in [1.82, 2.24) is 10.2 Å². The van der Waals surface area contributed by atoms with Gasteiger partial charge in [-0.25, -0.2) is 4.79 Å². The Hall–Kier alpha value is -1.47. The SMILES string of the molecule is CC(=O)NC(C)C(=O)N1CC(O)CC1C([NH3+])=O. The van der Waals surface area contributed by atoms with Crippen LogP contribution in [0.3, 0.4) is 0 Å². The molecule has 3 amide bonds. The van der Waals surface area contributed by atoms with Crippen LogP contribution in [-0.4, -0.2) is 52.5 Å². The van der Waals surface area contributed by atoms with Gasteiger partial charge in [0.1, 0.15) is 12.1 Å². The molecular weight excluding hydrogens is 226 g/mol. The molecule has 3 atom stereocenters. The van der Waals surface area contributed by atoms with Crippen LogP contribution in [0.15, 0.2) is 0 Å². The number of β-amino-alcohol motifs (C(OH)–C–C–N with tert-alkyl or cyclic N) is 1. The summed E-state index contributed by atoms with van der Waals surface area (Å²) < 4.78 is 0. The summed E-state index contributed by atoms with van der Waals surface area (Å²) in [6.07, 6.45) is -0.500. The molecule has 1 rings (SSSR count). The lowest BCUT2D eigenvalue weighted by Gasteiger charge is -2.24. The summed E-state index contributed by atoms with van der Waals surface area (Å²) in [6.45, 7) is 2.96. The number of carbonyl (C=O) groups excluding carboxylic acids is 3. The summed E-state index contributed by atoms with van der Waals surface area (Å²) in [5, 5.41) is 11.9. The molecule has 0 aromatic carbocycles. The largest absolute Gasteiger partial charge is 0.391 e. The first-order valence-corrected chi connectivity index (χ1v) is 5.44.